The van der Waals surface area contributed by atoms with Gasteiger partial charge in [-0.3, -0.25) is 0 Å². The first kappa shape index (κ1) is 10.8. The summed E-state index contributed by atoms with van der Waals surface area (Å²) in [5, 5.41) is 3.37. The van der Waals surface area contributed by atoms with Crippen LogP contribution in [0, 0.1) is 0 Å². The van der Waals surface area contributed by atoms with Crippen molar-refractivity contribution in [2.75, 3.05) is 36.8 Å². The maximum atomic E-state index is 6.07. The number of hydrogen-bond donors (Lipinski definition) is 2. The summed E-state index contributed by atoms with van der Waals surface area (Å²) >= 11 is 0. The van der Waals surface area contributed by atoms with Crippen LogP contribution in [0.25, 0.3) is 0 Å². The van der Waals surface area contributed by atoms with Crippen LogP contribution in [0.5, 0.6) is 0 Å². The standard InChI is InChI=1S/C12H19N5/c13-11-9-3-5-14-6-4-10(9)15-12(16-11)17-7-1-2-8-17/h14H,1-8H2,(H2,13,15,16). The maximum absolute atomic E-state index is 6.07. The third kappa shape index (κ3) is 2.07. The van der Waals surface area contributed by atoms with Gasteiger partial charge >= 0.3 is 0 Å². The average Bonchev–Trinajstić information content (AvgIpc) is 2.75. The maximum Gasteiger partial charge on any atom is 0.227 e. The van der Waals surface area contributed by atoms with Crippen LogP contribution in [0.4, 0.5) is 11.8 Å². The van der Waals surface area contributed by atoms with Crippen molar-refractivity contribution >= 4 is 11.8 Å². The molecule has 17 heavy (non-hydrogen) atoms. The molecular weight excluding hydrogens is 214 g/mol. The highest BCUT2D eigenvalue weighted by Crippen LogP contribution is 2.22. The zero-order valence-corrected chi connectivity index (χ0v) is 10.1. The molecule has 1 aromatic rings. The molecule has 1 aromatic heterocycles. The van der Waals surface area contributed by atoms with Gasteiger partial charge in [0.15, 0.2) is 0 Å². The molecule has 0 aliphatic carbocycles. The van der Waals surface area contributed by atoms with Crippen LogP contribution in [0.15, 0.2) is 0 Å². The van der Waals surface area contributed by atoms with E-state index in [1.807, 2.05) is 0 Å². The fourth-order valence-corrected chi connectivity index (χ4v) is 2.62. The fourth-order valence-electron chi connectivity index (χ4n) is 2.62. The molecule has 3 rings (SSSR count). The lowest BCUT2D eigenvalue weighted by Crippen LogP contribution is -2.22. The van der Waals surface area contributed by atoms with Gasteiger partial charge in [-0.2, -0.15) is 4.98 Å². The Morgan fingerprint density at radius 2 is 1.82 bits per heavy atom. The molecule has 3 N–H and O–H groups in total. The number of nitrogens with zero attached hydrogens (tertiary/aromatic N) is 3. The Bertz CT molecular complexity index is 412. The van der Waals surface area contributed by atoms with Gasteiger partial charge in [-0.1, -0.05) is 0 Å². The predicted octanol–water partition coefficient (Wildman–Crippen LogP) is 0.347. The van der Waals surface area contributed by atoms with Gasteiger partial charge in [0.25, 0.3) is 0 Å². The summed E-state index contributed by atoms with van der Waals surface area (Å²) in [5.41, 5.74) is 8.37. The Kier molecular flexibility index (Phi) is 2.84. The highest BCUT2D eigenvalue weighted by Gasteiger charge is 2.19. The van der Waals surface area contributed by atoms with Crippen molar-refractivity contribution in [2.24, 2.45) is 0 Å². The molecule has 5 heteroatoms. The van der Waals surface area contributed by atoms with Gasteiger partial charge in [0, 0.05) is 31.6 Å². The molecular formula is C12H19N5. The highest BCUT2D eigenvalue weighted by molar-refractivity contribution is 5.49. The minimum Gasteiger partial charge on any atom is -0.383 e. The van der Waals surface area contributed by atoms with Crippen molar-refractivity contribution in [3.63, 3.8) is 0 Å². The number of fused-ring (bicyclic) bond motifs is 1. The monoisotopic (exact) mass is 233 g/mol. The normalized spacial score (nSPS) is 20.1. The summed E-state index contributed by atoms with van der Waals surface area (Å²) in [5.74, 6) is 1.52. The van der Waals surface area contributed by atoms with Crippen LogP contribution in [0.3, 0.4) is 0 Å². The second-order valence-electron chi connectivity index (χ2n) is 4.78. The van der Waals surface area contributed by atoms with E-state index < -0.39 is 0 Å². The molecule has 0 unspecified atom stereocenters. The van der Waals surface area contributed by atoms with E-state index in [2.05, 4.69) is 15.2 Å². The largest absolute Gasteiger partial charge is 0.383 e. The van der Waals surface area contributed by atoms with Crippen molar-refractivity contribution in [2.45, 2.75) is 25.7 Å². The van der Waals surface area contributed by atoms with Crippen LogP contribution in [-0.2, 0) is 12.8 Å². The second kappa shape index (κ2) is 4.49. The van der Waals surface area contributed by atoms with Gasteiger partial charge in [0.1, 0.15) is 5.82 Å². The molecule has 0 spiro atoms. The number of nitrogens with one attached hydrogen (secondary N) is 1. The lowest BCUT2D eigenvalue weighted by atomic mass is 10.1. The molecule has 3 heterocycles. The van der Waals surface area contributed by atoms with E-state index in [1.165, 1.54) is 12.8 Å². The van der Waals surface area contributed by atoms with Gasteiger partial charge in [-0.15, -0.1) is 0 Å². The van der Waals surface area contributed by atoms with Crippen molar-refractivity contribution in [3.8, 4) is 0 Å². The number of hydrogen-bond acceptors (Lipinski definition) is 5. The molecule has 1 saturated heterocycles. The van der Waals surface area contributed by atoms with E-state index in [4.69, 9.17) is 10.7 Å². The Balaban J connectivity index is 1.96. The van der Waals surface area contributed by atoms with Crippen molar-refractivity contribution in [3.05, 3.63) is 11.3 Å². The van der Waals surface area contributed by atoms with E-state index in [0.29, 0.717) is 5.82 Å². The first-order valence-corrected chi connectivity index (χ1v) is 6.45. The minimum absolute atomic E-state index is 0.681. The van der Waals surface area contributed by atoms with Crippen molar-refractivity contribution < 1.29 is 0 Å². The Labute approximate surface area is 101 Å². The number of aromatic nitrogens is 2. The SMILES string of the molecule is Nc1nc(N2CCCC2)nc2c1CCNCC2. The Hall–Kier alpha value is -1.36. The molecule has 2 aliphatic rings. The molecule has 2 aliphatic heterocycles. The molecule has 92 valence electrons. The fraction of sp³-hybridized carbons (Fsp3) is 0.667. The van der Waals surface area contributed by atoms with E-state index in [1.54, 1.807) is 0 Å². The van der Waals surface area contributed by atoms with E-state index >= 15 is 0 Å². The van der Waals surface area contributed by atoms with E-state index in [9.17, 15) is 0 Å². The molecule has 0 bridgehead atoms. The zero-order chi connectivity index (χ0) is 11.7. The first-order valence-electron chi connectivity index (χ1n) is 6.45. The van der Waals surface area contributed by atoms with Crippen molar-refractivity contribution in [1.29, 1.82) is 0 Å². The summed E-state index contributed by atoms with van der Waals surface area (Å²) in [6.07, 6.45) is 4.38. The van der Waals surface area contributed by atoms with Crippen LogP contribution in [0.2, 0.25) is 0 Å². The summed E-state index contributed by atoms with van der Waals surface area (Å²) < 4.78 is 0. The van der Waals surface area contributed by atoms with Gasteiger partial charge in [0.2, 0.25) is 5.95 Å². The smallest absolute Gasteiger partial charge is 0.227 e. The zero-order valence-electron chi connectivity index (χ0n) is 10.1. The van der Waals surface area contributed by atoms with Crippen LogP contribution in [0.1, 0.15) is 24.1 Å². The summed E-state index contributed by atoms with van der Waals surface area (Å²) in [6.45, 7) is 4.10. The third-order valence-corrected chi connectivity index (χ3v) is 3.59. The van der Waals surface area contributed by atoms with Gasteiger partial charge < -0.3 is 16.0 Å². The lowest BCUT2D eigenvalue weighted by Gasteiger charge is -2.18. The van der Waals surface area contributed by atoms with Crippen LogP contribution >= 0.6 is 0 Å². The number of nitrogens with two attached hydrogens (primary N) is 1. The molecule has 5 nitrogen and oxygen atoms in total. The molecule has 0 radical (unpaired) electrons. The summed E-state index contributed by atoms with van der Waals surface area (Å²) in [7, 11) is 0. The quantitative estimate of drug-likeness (QED) is 0.732. The molecule has 0 saturated carbocycles. The number of rotatable bonds is 1. The predicted molar refractivity (Wildman–Crippen MR) is 68.2 cm³/mol. The number of nitrogen functional groups attached to an aromatic ring is 1. The Morgan fingerprint density at radius 3 is 2.65 bits per heavy atom. The topological polar surface area (TPSA) is 67.1 Å². The molecule has 0 amide bonds. The van der Waals surface area contributed by atoms with Crippen LogP contribution in [-0.4, -0.2) is 36.1 Å². The summed E-state index contributed by atoms with van der Waals surface area (Å²) in [4.78, 5) is 11.4. The molecule has 1 fully saturated rings. The van der Waals surface area contributed by atoms with Gasteiger partial charge in [-0.25, -0.2) is 4.98 Å². The lowest BCUT2D eigenvalue weighted by molar-refractivity contribution is 0.708. The summed E-state index contributed by atoms with van der Waals surface area (Å²) in [6, 6.07) is 0. The third-order valence-electron chi connectivity index (χ3n) is 3.59. The van der Waals surface area contributed by atoms with E-state index in [0.717, 1.165) is 56.2 Å². The second-order valence-corrected chi connectivity index (χ2v) is 4.78. The molecule has 0 atom stereocenters. The average molecular weight is 233 g/mol. The molecule has 0 aromatic carbocycles. The first-order chi connectivity index (χ1) is 8.34. The van der Waals surface area contributed by atoms with Gasteiger partial charge in [0.05, 0.1) is 5.69 Å². The minimum atomic E-state index is 0.681. The Morgan fingerprint density at radius 1 is 1.06 bits per heavy atom. The highest BCUT2D eigenvalue weighted by atomic mass is 15.3. The number of anilines is 2. The van der Waals surface area contributed by atoms with Gasteiger partial charge in [-0.05, 0) is 25.8 Å². The van der Waals surface area contributed by atoms with Crippen LogP contribution < -0.4 is 16.0 Å². The van der Waals surface area contributed by atoms with Crippen molar-refractivity contribution in [1.82, 2.24) is 15.3 Å². The van der Waals surface area contributed by atoms with E-state index in [-0.39, 0.29) is 0 Å².